The van der Waals surface area contributed by atoms with Gasteiger partial charge in [0.1, 0.15) is 0 Å². The first-order chi connectivity index (χ1) is 14.3. The Morgan fingerprint density at radius 3 is 2.73 bits per heavy atom. The quantitative estimate of drug-likeness (QED) is 0.452. The monoisotopic (exact) mass is 419 g/mol. The molecule has 6 nitrogen and oxygen atoms in total. The fraction of sp³-hybridized carbons (Fsp3) is 0.261. The number of hydrogen-bond donors (Lipinski definition) is 2. The second kappa shape index (κ2) is 6.71. The van der Waals surface area contributed by atoms with Gasteiger partial charge in [-0.05, 0) is 48.6 Å². The molecule has 2 N–H and O–H groups in total. The van der Waals surface area contributed by atoms with Gasteiger partial charge in [-0.2, -0.15) is 0 Å². The summed E-state index contributed by atoms with van der Waals surface area (Å²) in [7, 11) is 0. The fourth-order valence-corrected chi connectivity index (χ4v) is 4.24. The zero-order valence-corrected chi connectivity index (χ0v) is 17.8. The van der Waals surface area contributed by atoms with E-state index in [9.17, 15) is 4.79 Å². The third kappa shape index (κ3) is 3.17. The Hall–Kier alpha value is -3.12. The highest BCUT2D eigenvalue weighted by atomic mass is 35.5. The fourth-order valence-electron chi connectivity index (χ4n) is 4.06. The standard InChI is InChI=1S/C23H22ClN5O/c1-13-8-9-14(10-15(13)24)25-21-20-18(11-23(2,3)12-19(20)30)29(28-21)22-26-16-6-4-5-7-17(16)27-22/h4-10H,11-12H2,1-3H3,(H,25,28)(H,26,27). The van der Waals surface area contributed by atoms with Crippen LogP contribution in [-0.4, -0.2) is 25.5 Å². The van der Waals surface area contributed by atoms with E-state index in [2.05, 4.69) is 24.1 Å². The average molecular weight is 420 g/mol. The van der Waals surface area contributed by atoms with E-state index in [4.69, 9.17) is 21.7 Å². The number of para-hydroxylation sites is 2. The van der Waals surface area contributed by atoms with E-state index in [1.54, 1.807) is 4.68 Å². The van der Waals surface area contributed by atoms with E-state index in [-0.39, 0.29) is 11.2 Å². The largest absolute Gasteiger partial charge is 0.338 e. The maximum absolute atomic E-state index is 13.1. The Labute approximate surface area is 179 Å². The number of aryl methyl sites for hydroxylation is 1. The van der Waals surface area contributed by atoms with Crippen LogP contribution in [0.15, 0.2) is 42.5 Å². The predicted molar refractivity (Wildman–Crippen MR) is 119 cm³/mol. The highest BCUT2D eigenvalue weighted by molar-refractivity contribution is 6.31. The summed E-state index contributed by atoms with van der Waals surface area (Å²) in [5, 5.41) is 8.74. The van der Waals surface area contributed by atoms with Crippen molar-refractivity contribution < 1.29 is 4.79 Å². The van der Waals surface area contributed by atoms with Gasteiger partial charge in [0.15, 0.2) is 11.6 Å². The topological polar surface area (TPSA) is 75.6 Å². The minimum Gasteiger partial charge on any atom is -0.338 e. The Morgan fingerprint density at radius 2 is 1.97 bits per heavy atom. The molecule has 0 saturated heterocycles. The van der Waals surface area contributed by atoms with Crippen molar-refractivity contribution in [2.24, 2.45) is 5.41 Å². The molecule has 0 spiro atoms. The highest BCUT2D eigenvalue weighted by Crippen LogP contribution is 2.39. The van der Waals surface area contributed by atoms with Gasteiger partial charge in [0.05, 0.1) is 22.3 Å². The van der Waals surface area contributed by atoms with Crippen LogP contribution in [0.4, 0.5) is 11.5 Å². The number of nitrogens with zero attached hydrogens (tertiary/aromatic N) is 3. The minimum atomic E-state index is -0.141. The van der Waals surface area contributed by atoms with Crippen molar-refractivity contribution >= 4 is 39.9 Å². The number of rotatable bonds is 3. The summed E-state index contributed by atoms with van der Waals surface area (Å²) >= 11 is 6.29. The molecule has 0 radical (unpaired) electrons. The molecule has 30 heavy (non-hydrogen) atoms. The van der Waals surface area contributed by atoms with Crippen molar-refractivity contribution in [3.05, 3.63) is 64.3 Å². The number of aromatic amines is 1. The zero-order valence-electron chi connectivity index (χ0n) is 17.1. The summed E-state index contributed by atoms with van der Waals surface area (Å²) in [6, 6.07) is 13.6. The molecule has 2 aromatic carbocycles. The molecular formula is C23H22ClN5O. The highest BCUT2D eigenvalue weighted by Gasteiger charge is 2.37. The number of aromatic nitrogens is 4. The molecule has 2 heterocycles. The number of carbonyl (C=O) groups is 1. The molecule has 0 fully saturated rings. The number of hydrogen-bond acceptors (Lipinski definition) is 4. The van der Waals surface area contributed by atoms with Gasteiger partial charge < -0.3 is 10.3 Å². The summed E-state index contributed by atoms with van der Waals surface area (Å²) < 4.78 is 1.77. The molecule has 152 valence electrons. The third-order valence-electron chi connectivity index (χ3n) is 5.56. The molecule has 4 aromatic rings. The van der Waals surface area contributed by atoms with Gasteiger partial charge in [0.2, 0.25) is 5.95 Å². The Morgan fingerprint density at radius 1 is 1.17 bits per heavy atom. The van der Waals surface area contributed by atoms with Crippen molar-refractivity contribution in [1.82, 2.24) is 19.7 Å². The van der Waals surface area contributed by atoms with Gasteiger partial charge >= 0.3 is 0 Å². The van der Waals surface area contributed by atoms with E-state index in [1.165, 1.54) is 0 Å². The van der Waals surface area contributed by atoms with Crippen molar-refractivity contribution in [2.45, 2.75) is 33.6 Å². The van der Waals surface area contributed by atoms with E-state index in [0.29, 0.717) is 28.8 Å². The van der Waals surface area contributed by atoms with Crippen LogP contribution in [0.25, 0.3) is 17.0 Å². The first-order valence-corrected chi connectivity index (χ1v) is 10.3. The smallest absolute Gasteiger partial charge is 0.229 e. The van der Waals surface area contributed by atoms with Crippen molar-refractivity contribution in [3.8, 4) is 5.95 Å². The number of fused-ring (bicyclic) bond motifs is 2. The van der Waals surface area contributed by atoms with Crippen LogP contribution >= 0.6 is 11.6 Å². The number of anilines is 2. The number of imidazole rings is 1. The lowest BCUT2D eigenvalue weighted by Crippen LogP contribution is -2.28. The molecule has 2 aromatic heterocycles. The number of carbonyl (C=O) groups excluding carboxylic acids is 1. The van der Waals surface area contributed by atoms with Gasteiger partial charge in [-0.25, -0.2) is 9.67 Å². The maximum Gasteiger partial charge on any atom is 0.229 e. The third-order valence-corrected chi connectivity index (χ3v) is 5.96. The lowest BCUT2D eigenvalue weighted by molar-refractivity contribution is 0.0912. The molecule has 0 bridgehead atoms. The van der Waals surface area contributed by atoms with Crippen LogP contribution in [0, 0.1) is 12.3 Å². The summed E-state index contributed by atoms with van der Waals surface area (Å²) in [6.07, 6.45) is 1.21. The zero-order chi connectivity index (χ0) is 21.0. The average Bonchev–Trinajstić information content (AvgIpc) is 3.25. The molecule has 7 heteroatoms. The molecule has 0 saturated carbocycles. The number of benzene rings is 2. The molecular weight excluding hydrogens is 398 g/mol. The van der Waals surface area contributed by atoms with Crippen molar-refractivity contribution in [3.63, 3.8) is 0 Å². The predicted octanol–water partition coefficient (Wildman–Crippen LogP) is 5.61. The van der Waals surface area contributed by atoms with E-state index in [0.717, 1.165) is 34.4 Å². The second-order valence-corrected chi connectivity index (χ2v) is 9.10. The first kappa shape index (κ1) is 18.9. The van der Waals surface area contributed by atoms with Gasteiger partial charge in [-0.15, -0.1) is 5.10 Å². The van der Waals surface area contributed by atoms with Crippen LogP contribution in [-0.2, 0) is 6.42 Å². The number of halogens is 1. The van der Waals surface area contributed by atoms with Crippen molar-refractivity contribution in [2.75, 3.05) is 5.32 Å². The van der Waals surface area contributed by atoms with E-state index < -0.39 is 0 Å². The number of Topliss-reactive ketones (excluding diaryl/α,β-unsaturated/α-hetero) is 1. The van der Waals surface area contributed by atoms with Gasteiger partial charge in [-0.3, -0.25) is 4.79 Å². The Kier molecular flexibility index (Phi) is 4.22. The Balaban J connectivity index is 1.66. The Bertz CT molecular complexity index is 1270. The summed E-state index contributed by atoms with van der Waals surface area (Å²) in [5.74, 6) is 1.23. The summed E-state index contributed by atoms with van der Waals surface area (Å²) in [6.45, 7) is 6.17. The van der Waals surface area contributed by atoms with Crippen LogP contribution in [0.5, 0.6) is 0 Å². The van der Waals surface area contributed by atoms with Crippen LogP contribution in [0.3, 0.4) is 0 Å². The lowest BCUT2D eigenvalue weighted by atomic mass is 9.76. The molecule has 0 atom stereocenters. The van der Waals surface area contributed by atoms with Crippen LogP contribution in [0.2, 0.25) is 5.02 Å². The molecule has 0 unspecified atom stereocenters. The van der Waals surface area contributed by atoms with Gasteiger partial charge in [0, 0.05) is 17.1 Å². The van der Waals surface area contributed by atoms with E-state index >= 15 is 0 Å². The van der Waals surface area contributed by atoms with Crippen LogP contribution in [0.1, 0.15) is 41.9 Å². The second-order valence-electron chi connectivity index (χ2n) is 8.69. The van der Waals surface area contributed by atoms with Crippen molar-refractivity contribution in [1.29, 1.82) is 0 Å². The van der Waals surface area contributed by atoms with Gasteiger partial charge in [-0.1, -0.05) is 43.6 Å². The van der Waals surface area contributed by atoms with Gasteiger partial charge in [0.25, 0.3) is 0 Å². The SMILES string of the molecule is Cc1ccc(Nc2nn(-c3nc4ccccc4[nH]3)c3c2C(=O)CC(C)(C)C3)cc1Cl. The molecule has 5 rings (SSSR count). The minimum absolute atomic E-state index is 0.0873. The lowest BCUT2D eigenvalue weighted by Gasteiger charge is -2.28. The normalized spacial score (nSPS) is 15.4. The molecule has 0 amide bonds. The van der Waals surface area contributed by atoms with Crippen LogP contribution < -0.4 is 5.32 Å². The molecule has 0 aliphatic heterocycles. The number of nitrogens with one attached hydrogen (secondary N) is 2. The number of H-pyrrole nitrogens is 1. The summed E-state index contributed by atoms with van der Waals surface area (Å²) in [5.41, 5.74) is 4.94. The molecule has 1 aliphatic rings. The van der Waals surface area contributed by atoms with E-state index in [1.807, 2.05) is 49.4 Å². The molecule has 1 aliphatic carbocycles. The first-order valence-electron chi connectivity index (χ1n) is 9.94. The number of ketones is 1. The summed E-state index contributed by atoms with van der Waals surface area (Å²) in [4.78, 5) is 21.1. The maximum atomic E-state index is 13.1.